The third-order valence-electron chi connectivity index (χ3n) is 5.16. The van der Waals surface area contributed by atoms with Gasteiger partial charge in [-0.15, -0.1) is 0 Å². The van der Waals surface area contributed by atoms with Crippen LogP contribution in [0, 0.1) is 0 Å². The minimum atomic E-state index is -0.0656. The first-order chi connectivity index (χ1) is 15.8. The van der Waals surface area contributed by atoms with Gasteiger partial charge in [-0.05, 0) is 22.9 Å². The van der Waals surface area contributed by atoms with E-state index < -0.39 is 0 Å². The Morgan fingerprint density at radius 1 is 0.781 bits per heavy atom. The maximum absolute atomic E-state index is 12.6. The van der Waals surface area contributed by atoms with Crippen molar-refractivity contribution in [3.8, 4) is 22.5 Å². The number of hydrogen-bond donors (Lipinski definition) is 2. The molecule has 0 saturated carbocycles. The number of anilines is 1. The number of aromatic nitrogens is 2. The average Bonchev–Trinajstić information content (AvgIpc) is 3.28. The highest BCUT2D eigenvalue weighted by Crippen LogP contribution is 2.32. The molecule has 5 heteroatoms. The fourth-order valence-corrected chi connectivity index (χ4v) is 4.31. The number of rotatable bonds is 6. The number of nitrogens with zero attached hydrogens (tertiary/aromatic N) is 1. The molecule has 1 aromatic heterocycles. The predicted octanol–water partition coefficient (Wildman–Crippen LogP) is 6.63. The highest BCUT2D eigenvalue weighted by molar-refractivity contribution is 7.99. The van der Waals surface area contributed by atoms with Crippen LogP contribution in [-0.4, -0.2) is 21.6 Å². The summed E-state index contributed by atoms with van der Waals surface area (Å²) in [6.07, 6.45) is 0. The summed E-state index contributed by atoms with van der Waals surface area (Å²) < 4.78 is 0. The van der Waals surface area contributed by atoms with Crippen molar-refractivity contribution >= 4 is 34.1 Å². The number of benzene rings is 4. The minimum absolute atomic E-state index is 0.0656. The van der Waals surface area contributed by atoms with Crippen molar-refractivity contribution in [1.82, 2.24) is 9.97 Å². The molecule has 0 radical (unpaired) electrons. The van der Waals surface area contributed by atoms with E-state index in [0.29, 0.717) is 0 Å². The number of amides is 1. The molecule has 1 amide bonds. The van der Waals surface area contributed by atoms with Gasteiger partial charge in [-0.25, -0.2) is 4.98 Å². The number of nitrogens with one attached hydrogen (secondary N) is 2. The molecule has 1 heterocycles. The predicted molar refractivity (Wildman–Crippen MR) is 133 cm³/mol. The maximum Gasteiger partial charge on any atom is 0.234 e. The number of H-pyrrole nitrogens is 1. The van der Waals surface area contributed by atoms with Gasteiger partial charge in [0.1, 0.15) is 0 Å². The van der Waals surface area contributed by atoms with Crippen molar-refractivity contribution in [2.75, 3.05) is 11.1 Å². The van der Waals surface area contributed by atoms with Crippen LogP contribution >= 0.6 is 11.8 Å². The average molecular weight is 436 g/mol. The molecule has 156 valence electrons. The van der Waals surface area contributed by atoms with E-state index in [1.54, 1.807) is 0 Å². The first-order valence-corrected chi connectivity index (χ1v) is 11.4. The first-order valence-electron chi connectivity index (χ1n) is 10.4. The van der Waals surface area contributed by atoms with Gasteiger partial charge < -0.3 is 10.3 Å². The van der Waals surface area contributed by atoms with E-state index in [-0.39, 0.29) is 11.7 Å². The van der Waals surface area contributed by atoms with E-state index in [0.717, 1.165) is 44.1 Å². The molecule has 0 spiro atoms. The molecule has 4 aromatic carbocycles. The molecule has 0 aliphatic carbocycles. The molecule has 0 unspecified atom stereocenters. The standard InChI is InChI=1S/C27H21N3OS/c31-24(28-23-16-15-19-9-7-8-14-22(19)17-23)18-32-27-29-25(20-10-3-1-4-11-20)26(30-27)21-12-5-2-6-13-21/h1-17H,18H2,(H,28,31)(H,29,30). The van der Waals surface area contributed by atoms with E-state index in [1.807, 2.05) is 84.9 Å². The molecule has 0 aliphatic rings. The minimum Gasteiger partial charge on any atom is -0.332 e. The lowest BCUT2D eigenvalue weighted by atomic mass is 10.1. The Morgan fingerprint density at radius 2 is 1.44 bits per heavy atom. The van der Waals surface area contributed by atoms with Crippen molar-refractivity contribution in [2.24, 2.45) is 0 Å². The third-order valence-corrected chi connectivity index (χ3v) is 6.04. The second-order valence-electron chi connectivity index (χ2n) is 7.40. The fraction of sp³-hybridized carbons (Fsp3) is 0.0370. The summed E-state index contributed by atoms with van der Waals surface area (Å²) in [5, 5.41) is 5.96. The highest BCUT2D eigenvalue weighted by Gasteiger charge is 2.15. The van der Waals surface area contributed by atoms with Gasteiger partial charge in [0, 0.05) is 16.8 Å². The van der Waals surface area contributed by atoms with Crippen LogP contribution in [0.2, 0.25) is 0 Å². The number of imidazole rings is 1. The lowest BCUT2D eigenvalue weighted by molar-refractivity contribution is -0.113. The lowest BCUT2D eigenvalue weighted by Gasteiger charge is -2.06. The Morgan fingerprint density at radius 3 is 2.19 bits per heavy atom. The van der Waals surface area contributed by atoms with Crippen molar-refractivity contribution in [3.05, 3.63) is 103 Å². The molecule has 0 fully saturated rings. The number of carbonyl (C=O) groups excluding carboxylic acids is 1. The monoisotopic (exact) mass is 435 g/mol. The molecular weight excluding hydrogens is 414 g/mol. The van der Waals surface area contributed by atoms with Gasteiger partial charge in [-0.1, -0.05) is 103 Å². The van der Waals surface area contributed by atoms with Crippen molar-refractivity contribution < 1.29 is 4.79 Å². The molecule has 0 saturated heterocycles. The Kier molecular flexibility index (Phi) is 5.73. The Balaban J connectivity index is 1.33. The highest BCUT2D eigenvalue weighted by atomic mass is 32.2. The first kappa shape index (κ1) is 20.1. The fourth-order valence-electron chi connectivity index (χ4n) is 3.64. The van der Waals surface area contributed by atoms with Gasteiger partial charge >= 0.3 is 0 Å². The molecule has 5 aromatic rings. The molecule has 5 rings (SSSR count). The molecular formula is C27H21N3OS. The topological polar surface area (TPSA) is 57.8 Å². The summed E-state index contributed by atoms with van der Waals surface area (Å²) in [5.41, 5.74) is 4.73. The summed E-state index contributed by atoms with van der Waals surface area (Å²) in [4.78, 5) is 20.8. The van der Waals surface area contributed by atoms with Gasteiger partial charge in [0.2, 0.25) is 5.91 Å². The van der Waals surface area contributed by atoms with E-state index in [4.69, 9.17) is 4.98 Å². The Bertz CT molecular complexity index is 1310. The van der Waals surface area contributed by atoms with Gasteiger partial charge in [0.15, 0.2) is 5.16 Å². The van der Waals surface area contributed by atoms with Crippen LogP contribution in [-0.2, 0) is 4.79 Å². The van der Waals surface area contributed by atoms with Crippen molar-refractivity contribution in [2.45, 2.75) is 5.16 Å². The van der Waals surface area contributed by atoms with Crippen LogP contribution in [0.25, 0.3) is 33.3 Å². The smallest absolute Gasteiger partial charge is 0.234 e. The summed E-state index contributed by atoms with van der Waals surface area (Å²) in [5.74, 6) is 0.201. The zero-order chi connectivity index (χ0) is 21.8. The normalized spacial score (nSPS) is 10.9. The molecule has 0 atom stereocenters. The zero-order valence-corrected chi connectivity index (χ0v) is 18.1. The summed E-state index contributed by atoms with van der Waals surface area (Å²) in [7, 11) is 0. The number of thioether (sulfide) groups is 1. The van der Waals surface area contributed by atoms with Gasteiger partial charge in [-0.2, -0.15) is 0 Å². The second-order valence-corrected chi connectivity index (χ2v) is 8.36. The summed E-state index contributed by atoms with van der Waals surface area (Å²) >= 11 is 1.40. The lowest BCUT2D eigenvalue weighted by Crippen LogP contribution is -2.14. The summed E-state index contributed by atoms with van der Waals surface area (Å²) in [6.45, 7) is 0. The summed E-state index contributed by atoms with van der Waals surface area (Å²) in [6, 6.07) is 34.3. The van der Waals surface area contributed by atoms with Gasteiger partial charge in [0.05, 0.1) is 17.1 Å². The maximum atomic E-state index is 12.6. The Labute approximate surface area is 190 Å². The second kappa shape index (κ2) is 9.12. The quantitative estimate of drug-likeness (QED) is 0.294. The van der Waals surface area contributed by atoms with E-state index >= 15 is 0 Å². The van der Waals surface area contributed by atoms with Crippen molar-refractivity contribution in [3.63, 3.8) is 0 Å². The van der Waals surface area contributed by atoms with Crippen molar-refractivity contribution in [1.29, 1.82) is 0 Å². The Hall–Kier alpha value is -3.83. The van der Waals surface area contributed by atoms with E-state index in [1.165, 1.54) is 11.8 Å². The van der Waals surface area contributed by atoms with E-state index in [2.05, 4.69) is 28.5 Å². The van der Waals surface area contributed by atoms with Crippen LogP contribution < -0.4 is 5.32 Å². The molecule has 2 N–H and O–H groups in total. The SMILES string of the molecule is O=C(CSc1nc(-c2ccccc2)c(-c2ccccc2)[nH]1)Nc1ccc2ccccc2c1. The third kappa shape index (κ3) is 4.43. The molecule has 4 nitrogen and oxygen atoms in total. The number of hydrogen-bond acceptors (Lipinski definition) is 3. The van der Waals surface area contributed by atoms with Crippen LogP contribution in [0.15, 0.2) is 108 Å². The van der Waals surface area contributed by atoms with Crippen LogP contribution in [0.3, 0.4) is 0 Å². The number of carbonyl (C=O) groups is 1. The zero-order valence-electron chi connectivity index (χ0n) is 17.3. The number of fused-ring (bicyclic) bond motifs is 1. The molecule has 0 bridgehead atoms. The number of aromatic amines is 1. The molecule has 32 heavy (non-hydrogen) atoms. The molecule has 0 aliphatic heterocycles. The van der Waals surface area contributed by atoms with Crippen LogP contribution in [0.1, 0.15) is 0 Å². The van der Waals surface area contributed by atoms with E-state index in [9.17, 15) is 4.79 Å². The van der Waals surface area contributed by atoms with Gasteiger partial charge in [0.25, 0.3) is 0 Å². The van der Waals surface area contributed by atoms with Crippen LogP contribution in [0.4, 0.5) is 5.69 Å². The van der Waals surface area contributed by atoms with Gasteiger partial charge in [-0.3, -0.25) is 4.79 Å². The largest absolute Gasteiger partial charge is 0.332 e. The van der Waals surface area contributed by atoms with Crippen LogP contribution in [0.5, 0.6) is 0 Å².